The molecule has 10 heteroatoms. The molecule has 306 valence electrons. The maximum absolute atomic E-state index is 12.6. The molecule has 0 aromatic heterocycles. The Bertz CT molecular complexity index is 949. The number of phosphoric acid groups is 1. The highest BCUT2D eigenvalue weighted by Crippen LogP contribution is 2.43. The van der Waals surface area contributed by atoms with Crippen LogP contribution in [-0.4, -0.2) is 74.9 Å². The zero-order chi connectivity index (χ0) is 38.6. The minimum Gasteiger partial charge on any atom is -0.462 e. The molecule has 0 rings (SSSR count). The number of hydrogen-bond donors (Lipinski definition) is 1. The highest BCUT2D eigenvalue weighted by Gasteiger charge is 2.27. The molecule has 0 aliphatic rings. The van der Waals surface area contributed by atoms with E-state index in [1.54, 1.807) is 0 Å². The zero-order valence-electron chi connectivity index (χ0n) is 34.3. The number of unbranched alkanes of at least 4 members (excludes halogenated alkanes) is 20. The van der Waals surface area contributed by atoms with Crippen LogP contribution in [0.15, 0.2) is 24.3 Å². The van der Waals surface area contributed by atoms with Gasteiger partial charge in [-0.15, -0.1) is 0 Å². The Balaban J connectivity index is 4.46. The summed E-state index contributed by atoms with van der Waals surface area (Å²) in [6.07, 6.45) is 36.8. The predicted molar refractivity (Wildman–Crippen MR) is 215 cm³/mol. The van der Waals surface area contributed by atoms with Gasteiger partial charge in [0.2, 0.25) is 0 Å². The Labute approximate surface area is 319 Å². The molecule has 0 fully saturated rings. The van der Waals surface area contributed by atoms with Gasteiger partial charge in [-0.3, -0.25) is 18.6 Å². The lowest BCUT2D eigenvalue weighted by Crippen LogP contribution is -2.37. The van der Waals surface area contributed by atoms with Crippen LogP contribution in [0.2, 0.25) is 0 Å². The number of hydrogen-bond acceptors (Lipinski definition) is 7. The van der Waals surface area contributed by atoms with Gasteiger partial charge < -0.3 is 18.9 Å². The van der Waals surface area contributed by atoms with E-state index in [1.165, 1.54) is 116 Å². The van der Waals surface area contributed by atoms with Gasteiger partial charge in [-0.1, -0.05) is 154 Å². The highest BCUT2D eigenvalue weighted by molar-refractivity contribution is 7.47. The Hall–Kier alpha value is -1.51. The molecule has 0 radical (unpaired) electrons. The van der Waals surface area contributed by atoms with Gasteiger partial charge in [-0.05, 0) is 38.5 Å². The molecule has 0 bridgehead atoms. The summed E-state index contributed by atoms with van der Waals surface area (Å²) in [5, 5.41) is 0. The molecule has 0 heterocycles. The third-order valence-corrected chi connectivity index (χ3v) is 9.96. The molecule has 0 aromatic carbocycles. The predicted octanol–water partition coefficient (Wildman–Crippen LogP) is 11.6. The number of allylic oxidation sites excluding steroid dienone is 4. The second kappa shape index (κ2) is 35.2. The maximum atomic E-state index is 12.6. The van der Waals surface area contributed by atoms with Crippen molar-refractivity contribution in [2.75, 3.05) is 47.5 Å². The van der Waals surface area contributed by atoms with Crippen LogP contribution in [-0.2, 0) is 32.7 Å². The standard InChI is InChI=1S/C42H80NO8P/c1-6-8-10-12-14-16-18-20-21-23-25-27-29-31-33-35-42(45)51-40(39-50-52(46,47)49-37-36-43(3,4)5)38-48-41(44)34-32-30-28-26-24-22-19-17-15-13-11-9-7-2/h28-31,40H,6-27,32-39H2,1-5H3/p+1/b30-28-,31-29-. The summed E-state index contributed by atoms with van der Waals surface area (Å²) in [4.78, 5) is 35.2. The number of carbonyl (C=O) groups excluding carboxylic acids is 2. The summed E-state index contributed by atoms with van der Waals surface area (Å²) in [6.45, 7) is 4.34. The van der Waals surface area contributed by atoms with E-state index in [0.717, 1.165) is 25.7 Å². The maximum Gasteiger partial charge on any atom is 0.472 e. The monoisotopic (exact) mass is 759 g/mol. The number of ether oxygens (including phenoxy) is 2. The molecule has 0 aliphatic carbocycles. The van der Waals surface area contributed by atoms with Crippen molar-refractivity contribution in [1.82, 2.24) is 0 Å². The summed E-state index contributed by atoms with van der Waals surface area (Å²) < 4.78 is 34.1. The van der Waals surface area contributed by atoms with Crippen molar-refractivity contribution >= 4 is 19.8 Å². The topological polar surface area (TPSA) is 108 Å². The number of nitrogens with zero attached hydrogens (tertiary/aromatic N) is 1. The first-order valence-electron chi connectivity index (χ1n) is 21.1. The molecule has 2 atom stereocenters. The second-order valence-corrected chi connectivity index (χ2v) is 16.8. The molecule has 0 amide bonds. The van der Waals surface area contributed by atoms with Crippen LogP contribution in [0.1, 0.15) is 181 Å². The first kappa shape index (κ1) is 50.5. The van der Waals surface area contributed by atoms with Crippen molar-refractivity contribution in [2.45, 2.75) is 187 Å². The first-order valence-corrected chi connectivity index (χ1v) is 22.6. The van der Waals surface area contributed by atoms with Crippen molar-refractivity contribution in [1.29, 1.82) is 0 Å². The molecular formula is C42H81NO8P+. The van der Waals surface area contributed by atoms with Crippen LogP contribution in [0, 0.1) is 0 Å². The number of rotatable bonds is 38. The van der Waals surface area contributed by atoms with Gasteiger partial charge in [-0.2, -0.15) is 0 Å². The largest absolute Gasteiger partial charge is 0.472 e. The van der Waals surface area contributed by atoms with Gasteiger partial charge in [0.15, 0.2) is 6.10 Å². The van der Waals surface area contributed by atoms with Gasteiger partial charge in [-0.25, -0.2) is 4.57 Å². The summed E-state index contributed by atoms with van der Waals surface area (Å²) in [7, 11) is 1.44. The van der Waals surface area contributed by atoms with Gasteiger partial charge in [0.05, 0.1) is 27.7 Å². The van der Waals surface area contributed by atoms with Crippen LogP contribution in [0.25, 0.3) is 0 Å². The van der Waals surface area contributed by atoms with Gasteiger partial charge in [0.1, 0.15) is 19.8 Å². The lowest BCUT2D eigenvalue weighted by Gasteiger charge is -2.24. The van der Waals surface area contributed by atoms with E-state index in [9.17, 15) is 19.0 Å². The van der Waals surface area contributed by atoms with Crippen molar-refractivity contribution in [2.24, 2.45) is 0 Å². The zero-order valence-corrected chi connectivity index (χ0v) is 35.2. The Morgan fingerprint density at radius 1 is 0.577 bits per heavy atom. The van der Waals surface area contributed by atoms with Crippen molar-refractivity contribution in [3.05, 3.63) is 24.3 Å². The summed E-state index contributed by atoms with van der Waals surface area (Å²) in [5.41, 5.74) is 0. The molecule has 0 saturated heterocycles. The van der Waals surface area contributed by atoms with Gasteiger partial charge >= 0.3 is 19.8 Å². The summed E-state index contributed by atoms with van der Waals surface area (Å²) in [5.74, 6) is -0.910. The normalized spacial score (nSPS) is 13.9. The van der Waals surface area contributed by atoms with Crippen LogP contribution < -0.4 is 0 Å². The Morgan fingerprint density at radius 2 is 0.981 bits per heavy atom. The number of esters is 2. The minimum atomic E-state index is -4.38. The van der Waals surface area contributed by atoms with Crippen molar-refractivity contribution in [3.8, 4) is 0 Å². The molecule has 0 saturated carbocycles. The quantitative estimate of drug-likeness (QED) is 0.0218. The molecular weight excluding hydrogens is 677 g/mol. The molecule has 9 nitrogen and oxygen atoms in total. The number of likely N-dealkylation sites (N-methyl/N-ethyl adjacent to an activating group) is 1. The van der Waals surface area contributed by atoms with Crippen LogP contribution in [0.3, 0.4) is 0 Å². The molecule has 0 aliphatic heterocycles. The molecule has 2 unspecified atom stereocenters. The van der Waals surface area contributed by atoms with Crippen LogP contribution in [0.4, 0.5) is 0 Å². The lowest BCUT2D eigenvalue weighted by atomic mass is 10.1. The van der Waals surface area contributed by atoms with Crippen LogP contribution >= 0.6 is 7.82 Å². The van der Waals surface area contributed by atoms with Crippen LogP contribution in [0.5, 0.6) is 0 Å². The van der Waals surface area contributed by atoms with Gasteiger partial charge in [0, 0.05) is 12.8 Å². The SMILES string of the molecule is CCCCCCCCCCC/C=C\CCC(=O)OCC(COP(=O)(O)OCC[N+](C)(C)C)OC(=O)CC/C=C\CCCCCCCCCCCCC. The van der Waals surface area contributed by atoms with Gasteiger partial charge in [0.25, 0.3) is 0 Å². The summed E-state index contributed by atoms with van der Waals surface area (Å²) in [6, 6.07) is 0. The van der Waals surface area contributed by atoms with E-state index in [1.807, 2.05) is 33.3 Å². The third kappa shape index (κ3) is 38.2. The first-order chi connectivity index (χ1) is 25.0. The van der Waals surface area contributed by atoms with E-state index in [0.29, 0.717) is 23.9 Å². The molecule has 52 heavy (non-hydrogen) atoms. The fraction of sp³-hybridized carbons (Fsp3) is 0.857. The average molecular weight is 759 g/mol. The third-order valence-electron chi connectivity index (χ3n) is 8.98. The van der Waals surface area contributed by atoms with Crippen molar-refractivity contribution < 1.29 is 42.1 Å². The average Bonchev–Trinajstić information content (AvgIpc) is 3.09. The number of phosphoric ester groups is 1. The second-order valence-electron chi connectivity index (χ2n) is 15.4. The smallest absolute Gasteiger partial charge is 0.462 e. The number of quaternary nitrogens is 1. The highest BCUT2D eigenvalue weighted by atomic mass is 31.2. The number of carbonyl (C=O) groups is 2. The van der Waals surface area contributed by atoms with E-state index in [-0.39, 0.29) is 26.1 Å². The minimum absolute atomic E-state index is 0.0227. The Kier molecular flexibility index (Phi) is 34.2. The molecule has 0 spiro atoms. The van der Waals surface area contributed by atoms with E-state index in [2.05, 4.69) is 26.0 Å². The van der Waals surface area contributed by atoms with E-state index in [4.69, 9.17) is 18.5 Å². The lowest BCUT2D eigenvalue weighted by molar-refractivity contribution is -0.870. The molecule has 1 N–H and O–H groups in total. The Morgan fingerprint density at radius 3 is 1.42 bits per heavy atom. The molecule has 0 aromatic rings. The fourth-order valence-electron chi connectivity index (χ4n) is 5.64. The summed E-state index contributed by atoms with van der Waals surface area (Å²) >= 11 is 0. The van der Waals surface area contributed by atoms with E-state index >= 15 is 0 Å². The fourth-order valence-corrected chi connectivity index (χ4v) is 6.38. The van der Waals surface area contributed by atoms with Crippen molar-refractivity contribution in [3.63, 3.8) is 0 Å². The van der Waals surface area contributed by atoms with E-state index < -0.39 is 32.5 Å².